The van der Waals surface area contributed by atoms with Gasteiger partial charge in [0, 0.05) is 35.8 Å². The van der Waals surface area contributed by atoms with Crippen LogP contribution in [0.25, 0.3) is 10.9 Å². The molecule has 0 aliphatic rings. The Morgan fingerprint density at radius 2 is 1.77 bits per heavy atom. The molecule has 1 heterocycles. The van der Waals surface area contributed by atoms with E-state index in [0.29, 0.717) is 38.5 Å². The Bertz CT molecular complexity index is 1070. The summed E-state index contributed by atoms with van der Waals surface area (Å²) < 4.78 is 6.77. The first-order chi connectivity index (χ1) is 14.2. The fourth-order valence-corrected chi connectivity index (χ4v) is 3.07. The summed E-state index contributed by atoms with van der Waals surface area (Å²) in [5.74, 6) is -0.583. The number of aliphatic carboxylic acids is 1. The van der Waals surface area contributed by atoms with Crippen molar-refractivity contribution in [3.05, 3.63) is 64.3 Å². The number of aromatic nitrogens is 1. The average molecular weight is 431 g/mol. The molecule has 1 amide bonds. The summed E-state index contributed by atoms with van der Waals surface area (Å²) in [6.45, 7) is 1.75. The van der Waals surface area contributed by atoms with Crippen LogP contribution in [-0.2, 0) is 16.0 Å². The molecule has 1 N–H and O–H groups in total. The first-order valence-electron chi connectivity index (χ1n) is 9.01. The third-order valence-corrected chi connectivity index (χ3v) is 4.63. The van der Waals surface area contributed by atoms with Gasteiger partial charge >= 0.3 is 5.97 Å². The number of ether oxygens (including phenoxy) is 1. The van der Waals surface area contributed by atoms with Crippen molar-refractivity contribution in [2.75, 3.05) is 21.2 Å². The van der Waals surface area contributed by atoms with E-state index in [2.05, 4.69) is 0 Å². The number of fused-ring (bicyclic) bond motifs is 1. The SMILES string of the molecule is CN(C)C=O.COc1ccc2c(c1)c(CC(=O)O)c(C)n2C(=O)c1ccc(Cl)cc1. The van der Waals surface area contributed by atoms with Gasteiger partial charge in [0.1, 0.15) is 5.75 Å². The second-order valence-corrected chi connectivity index (χ2v) is 7.17. The molecule has 0 aliphatic heterocycles. The van der Waals surface area contributed by atoms with Crippen LogP contribution < -0.4 is 4.74 Å². The highest BCUT2D eigenvalue weighted by Gasteiger charge is 2.21. The maximum atomic E-state index is 13.0. The predicted octanol–water partition coefficient (Wildman–Crippen LogP) is 3.63. The van der Waals surface area contributed by atoms with Crippen molar-refractivity contribution in [1.82, 2.24) is 9.47 Å². The molecule has 0 fully saturated rings. The van der Waals surface area contributed by atoms with Crippen LogP contribution in [0.15, 0.2) is 42.5 Å². The molecule has 0 atom stereocenters. The number of amides is 1. The van der Waals surface area contributed by atoms with Gasteiger partial charge in [-0.05, 0) is 55.0 Å². The molecule has 0 spiro atoms. The summed E-state index contributed by atoms with van der Waals surface area (Å²) in [4.78, 5) is 35.1. The minimum absolute atomic E-state index is 0.170. The van der Waals surface area contributed by atoms with Gasteiger partial charge in [0.15, 0.2) is 0 Å². The van der Waals surface area contributed by atoms with Crippen LogP contribution in [0.3, 0.4) is 0 Å². The van der Waals surface area contributed by atoms with Crippen LogP contribution >= 0.6 is 11.6 Å². The lowest BCUT2D eigenvalue weighted by molar-refractivity contribution is -0.136. The van der Waals surface area contributed by atoms with E-state index in [0.717, 1.165) is 6.41 Å². The van der Waals surface area contributed by atoms with E-state index in [4.69, 9.17) is 16.3 Å². The Kier molecular flexibility index (Phi) is 7.60. The van der Waals surface area contributed by atoms with Crippen LogP contribution in [0.1, 0.15) is 21.6 Å². The smallest absolute Gasteiger partial charge is 0.307 e. The van der Waals surface area contributed by atoms with E-state index in [1.54, 1.807) is 70.6 Å². The van der Waals surface area contributed by atoms with Gasteiger partial charge in [-0.1, -0.05) is 11.6 Å². The van der Waals surface area contributed by atoms with Gasteiger partial charge in [0.25, 0.3) is 5.91 Å². The minimum atomic E-state index is -0.955. The molecule has 0 saturated carbocycles. The highest BCUT2D eigenvalue weighted by Crippen LogP contribution is 2.30. The van der Waals surface area contributed by atoms with Crippen LogP contribution in [0.2, 0.25) is 5.02 Å². The number of benzene rings is 2. The van der Waals surface area contributed by atoms with E-state index >= 15 is 0 Å². The normalized spacial score (nSPS) is 10.2. The Hall–Kier alpha value is -3.32. The first kappa shape index (κ1) is 23.0. The quantitative estimate of drug-likeness (QED) is 0.624. The molecule has 3 rings (SSSR count). The number of carbonyl (C=O) groups excluding carboxylic acids is 2. The summed E-state index contributed by atoms with van der Waals surface area (Å²) in [6.07, 6.45) is 0.580. The highest BCUT2D eigenvalue weighted by molar-refractivity contribution is 6.30. The maximum absolute atomic E-state index is 13.0. The zero-order chi connectivity index (χ0) is 22.4. The van der Waals surface area contributed by atoms with E-state index in [9.17, 15) is 19.5 Å². The van der Waals surface area contributed by atoms with Crippen LogP contribution in [0, 0.1) is 6.92 Å². The molecule has 0 aliphatic carbocycles. The standard InChI is InChI=1S/C19H16ClNO4.C3H7NO/c1-11-15(10-18(22)23)16-9-14(25-2)7-8-17(16)21(11)19(24)12-3-5-13(20)6-4-12;1-4(2)3-5/h3-9H,10H2,1-2H3,(H,22,23);3H,1-2H3. The molecule has 3 aromatic rings. The summed E-state index contributed by atoms with van der Waals surface area (Å²) in [5.41, 5.74) is 2.32. The number of rotatable bonds is 5. The molecule has 1 aromatic heterocycles. The zero-order valence-electron chi connectivity index (χ0n) is 17.2. The summed E-state index contributed by atoms with van der Waals surface area (Å²) in [5, 5.41) is 10.5. The largest absolute Gasteiger partial charge is 0.497 e. The minimum Gasteiger partial charge on any atom is -0.497 e. The third-order valence-electron chi connectivity index (χ3n) is 4.37. The summed E-state index contributed by atoms with van der Waals surface area (Å²) >= 11 is 5.89. The Labute approximate surface area is 179 Å². The molecule has 0 unspecified atom stereocenters. The van der Waals surface area contributed by atoms with Gasteiger partial charge in [-0.15, -0.1) is 0 Å². The van der Waals surface area contributed by atoms with Crippen molar-refractivity contribution in [1.29, 1.82) is 0 Å². The lowest BCUT2D eigenvalue weighted by Gasteiger charge is -2.08. The van der Waals surface area contributed by atoms with Gasteiger partial charge < -0.3 is 14.7 Å². The van der Waals surface area contributed by atoms with Crippen molar-refractivity contribution < 1.29 is 24.2 Å². The summed E-state index contributed by atoms with van der Waals surface area (Å²) in [7, 11) is 4.92. The van der Waals surface area contributed by atoms with Crippen LogP contribution in [0.4, 0.5) is 0 Å². The third kappa shape index (κ3) is 5.18. The van der Waals surface area contributed by atoms with Crippen LogP contribution in [0.5, 0.6) is 5.75 Å². The van der Waals surface area contributed by atoms with Gasteiger partial charge in [-0.3, -0.25) is 19.0 Å². The predicted molar refractivity (Wildman–Crippen MR) is 115 cm³/mol. The Balaban J connectivity index is 0.000000575. The zero-order valence-corrected chi connectivity index (χ0v) is 17.9. The summed E-state index contributed by atoms with van der Waals surface area (Å²) in [6, 6.07) is 11.9. The second-order valence-electron chi connectivity index (χ2n) is 6.73. The number of carbonyl (C=O) groups is 3. The highest BCUT2D eigenvalue weighted by atomic mass is 35.5. The molecular weight excluding hydrogens is 408 g/mol. The fraction of sp³-hybridized carbons (Fsp3) is 0.227. The van der Waals surface area contributed by atoms with Crippen molar-refractivity contribution in [3.8, 4) is 5.75 Å². The van der Waals surface area contributed by atoms with Crippen molar-refractivity contribution >= 4 is 40.8 Å². The molecule has 2 aromatic carbocycles. The van der Waals surface area contributed by atoms with E-state index < -0.39 is 5.97 Å². The molecule has 0 saturated heterocycles. The number of nitrogens with zero attached hydrogens (tertiary/aromatic N) is 2. The number of halogens is 1. The van der Waals surface area contributed by atoms with E-state index in [1.165, 1.54) is 9.47 Å². The molecule has 30 heavy (non-hydrogen) atoms. The number of carboxylic acids is 1. The second kappa shape index (κ2) is 9.93. The molecule has 0 radical (unpaired) electrons. The number of methoxy groups -OCH3 is 1. The average Bonchev–Trinajstić information content (AvgIpc) is 2.98. The number of hydrogen-bond acceptors (Lipinski definition) is 4. The van der Waals surface area contributed by atoms with E-state index in [1.807, 2.05) is 0 Å². The maximum Gasteiger partial charge on any atom is 0.307 e. The number of carboxylic acid groups (broad SMARTS) is 1. The molecule has 7 nitrogen and oxygen atoms in total. The van der Waals surface area contributed by atoms with Gasteiger partial charge in [-0.2, -0.15) is 0 Å². The van der Waals surface area contributed by atoms with Crippen molar-refractivity contribution in [2.24, 2.45) is 0 Å². The van der Waals surface area contributed by atoms with Gasteiger partial charge in [-0.25, -0.2) is 0 Å². The first-order valence-corrected chi connectivity index (χ1v) is 9.39. The lowest BCUT2D eigenvalue weighted by Crippen LogP contribution is -2.14. The number of hydrogen-bond donors (Lipinski definition) is 1. The molecule has 158 valence electrons. The molecule has 0 bridgehead atoms. The van der Waals surface area contributed by atoms with E-state index in [-0.39, 0.29) is 12.3 Å². The van der Waals surface area contributed by atoms with Gasteiger partial charge in [0.05, 0.1) is 19.0 Å². The van der Waals surface area contributed by atoms with Crippen LogP contribution in [-0.4, -0.2) is 54.1 Å². The monoisotopic (exact) mass is 430 g/mol. The molecule has 8 heteroatoms. The van der Waals surface area contributed by atoms with Gasteiger partial charge in [0.2, 0.25) is 6.41 Å². The topological polar surface area (TPSA) is 88.8 Å². The Morgan fingerprint density at radius 3 is 2.27 bits per heavy atom. The fourth-order valence-electron chi connectivity index (χ4n) is 2.95. The molecular formula is C22H23ClN2O5. The van der Waals surface area contributed by atoms with Crippen molar-refractivity contribution in [3.63, 3.8) is 0 Å². The lowest BCUT2D eigenvalue weighted by atomic mass is 10.1. The van der Waals surface area contributed by atoms with Crippen molar-refractivity contribution in [2.45, 2.75) is 13.3 Å². The Morgan fingerprint density at radius 1 is 1.17 bits per heavy atom.